The van der Waals surface area contributed by atoms with E-state index in [0.29, 0.717) is 17.8 Å². The van der Waals surface area contributed by atoms with Gasteiger partial charge in [-0.1, -0.05) is 0 Å². The van der Waals surface area contributed by atoms with E-state index < -0.39 is 5.54 Å². The molecule has 1 N–H and O–H groups in total. The molecule has 3 nitrogen and oxygen atoms in total. The smallest absolute Gasteiger partial charge is 0.326 e. The zero-order chi connectivity index (χ0) is 10.2. The van der Waals surface area contributed by atoms with Gasteiger partial charge in [0.1, 0.15) is 5.54 Å². The molecule has 2 fully saturated rings. The van der Waals surface area contributed by atoms with Gasteiger partial charge in [0.25, 0.3) is 0 Å². The van der Waals surface area contributed by atoms with Crippen molar-refractivity contribution in [3.63, 3.8) is 0 Å². The molecule has 1 saturated heterocycles. The SMILES string of the molecule is COC(=O)C1(CCCCl)C[C@H]2C[C@H]2N1. The van der Waals surface area contributed by atoms with Crippen LogP contribution in [0, 0.1) is 5.92 Å². The standard InChI is InChI=1S/C10H16ClNO2/c1-14-9(13)10(3-2-4-11)6-7-5-8(7)12-10/h7-8,12H,2-6H2,1H3/t7-,8-,10?/m1/s1. The highest BCUT2D eigenvalue weighted by molar-refractivity contribution is 6.17. The summed E-state index contributed by atoms with van der Waals surface area (Å²) >= 11 is 5.66. The van der Waals surface area contributed by atoms with Gasteiger partial charge in [0.05, 0.1) is 7.11 Å². The summed E-state index contributed by atoms with van der Waals surface area (Å²) in [6.45, 7) is 0. The molecule has 0 aromatic carbocycles. The molecule has 1 unspecified atom stereocenters. The fourth-order valence-electron chi connectivity index (χ4n) is 2.49. The number of carbonyl (C=O) groups excluding carboxylic acids is 1. The van der Waals surface area contributed by atoms with Gasteiger partial charge in [-0.2, -0.15) is 0 Å². The topological polar surface area (TPSA) is 38.3 Å². The van der Waals surface area contributed by atoms with E-state index >= 15 is 0 Å². The van der Waals surface area contributed by atoms with Gasteiger partial charge < -0.3 is 4.74 Å². The van der Waals surface area contributed by atoms with Crippen LogP contribution in [-0.2, 0) is 9.53 Å². The third kappa shape index (κ3) is 1.63. The monoisotopic (exact) mass is 217 g/mol. The molecule has 3 atom stereocenters. The van der Waals surface area contributed by atoms with Gasteiger partial charge in [-0.25, -0.2) is 0 Å². The lowest BCUT2D eigenvalue weighted by Gasteiger charge is -2.28. The van der Waals surface area contributed by atoms with Crippen LogP contribution in [0.3, 0.4) is 0 Å². The Hall–Kier alpha value is -0.280. The third-order valence-electron chi connectivity index (χ3n) is 3.31. The predicted molar refractivity (Wildman–Crippen MR) is 54.3 cm³/mol. The molecule has 0 spiro atoms. The number of rotatable bonds is 4. The molecule has 0 amide bonds. The molecule has 4 heteroatoms. The second kappa shape index (κ2) is 3.70. The van der Waals surface area contributed by atoms with E-state index in [1.54, 1.807) is 0 Å². The molecule has 1 aliphatic heterocycles. The number of methoxy groups -OCH3 is 1. The molecule has 1 heterocycles. The Labute approximate surface area is 89.1 Å². The first-order valence-electron chi connectivity index (χ1n) is 5.14. The second-order valence-electron chi connectivity index (χ2n) is 4.32. The van der Waals surface area contributed by atoms with Gasteiger partial charge >= 0.3 is 5.97 Å². The number of nitrogens with one attached hydrogen (secondary N) is 1. The quantitative estimate of drug-likeness (QED) is 0.570. The van der Waals surface area contributed by atoms with Crippen LogP contribution in [0.25, 0.3) is 0 Å². The average Bonchev–Trinajstić information content (AvgIpc) is 2.82. The van der Waals surface area contributed by atoms with E-state index in [2.05, 4.69) is 5.32 Å². The molecule has 14 heavy (non-hydrogen) atoms. The maximum absolute atomic E-state index is 11.7. The lowest BCUT2D eigenvalue weighted by Crippen LogP contribution is -2.50. The normalized spacial score (nSPS) is 39.3. The zero-order valence-corrected chi connectivity index (χ0v) is 9.14. The van der Waals surface area contributed by atoms with Crippen molar-refractivity contribution in [3.05, 3.63) is 0 Å². The molecule has 0 aromatic heterocycles. The van der Waals surface area contributed by atoms with Gasteiger partial charge in [0.2, 0.25) is 0 Å². The van der Waals surface area contributed by atoms with E-state index in [4.69, 9.17) is 16.3 Å². The minimum atomic E-state index is -0.419. The molecule has 0 radical (unpaired) electrons. The second-order valence-corrected chi connectivity index (χ2v) is 4.69. The van der Waals surface area contributed by atoms with Crippen LogP contribution in [0.4, 0.5) is 0 Å². The van der Waals surface area contributed by atoms with Crippen molar-refractivity contribution in [1.29, 1.82) is 0 Å². The highest BCUT2D eigenvalue weighted by atomic mass is 35.5. The highest BCUT2D eigenvalue weighted by Gasteiger charge is 2.57. The molecule has 1 aliphatic carbocycles. The van der Waals surface area contributed by atoms with Crippen molar-refractivity contribution in [3.8, 4) is 0 Å². The maximum atomic E-state index is 11.7. The van der Waals surface area contributed by atoms with E-state index in [1.165, 1.54) is 13.5 Å². The Morgan fingerprint density at radius 1 is 1.71 bits per heavy atom. The van der Waals surface area contributed by atoms with Crippen LogP contribution in [-0.4, -0.2) is 30.5 Å². The largest absolute Gasteiger partial charge is 0.468 e. The van der Waals surface area contributed by atoms with E-state index in [-0.39, 0.29) is 5.97 Å². The number of piperidine rings is 1. The molecular formula is C10H16ClNO2. The first-order chi connectivity index (χ1) is 6.72. The summed E-state index contributed by atoms with van der Waals surface area (Å²) in [5, 5.41) is 3.39. The van der Waals surface area contributed by atoms with E-state index in [0.717, 1.165) is 19.3 Å². The first kappa shape index (κ1) is 10.2. The Balaban J connectivity index is 2.01. The van der Waals surface area contributed by atoms with Gasteiger partial charge in [-0.05, 0) is 31.6 Å². The average molecular weight is 218 g/mol. The maximum Gasteiger partial charge on any atom is 0.326 e. The van der Waals surface area contributed by atoms with Crippen LogP contribution in [0.15, 0.2) is 0 Å². The van der Waals surface area contributed by atoms with E-state index in [9.17, 15) is 4.79 Å². The summed E-state index contributed by atoms with van der Waals surface area (Å²) in [5.74, 6) is 1.19. The van der Waals surface area contributed by atoms with Crippen molar-refractivity contribution in [2.75, 3.05) is 13.0 Å². The number of fused-ring (bicyclic) bond motifs is 1. The minimum Gasteiger partial charge on any atom is -0.468 e. The fourth-order valence-corrected chi connectivity index (χ4v) is 2.63. The number of hydrogen-bond acceptors (Lipinski definition) is 3. The molecule has 2 aliphatic rings. The third-order valence-corrected chi connectivity index (χ3v) is 3.58. The van der Waals surface area contributed by atoms with Crippen LogP contribution >= 0.6 is 11.6 Å². The fraction of sp³-hybridized carbons (Fsp3) is 0.900. The minimum absolute atomic E-state index is 0.116. The molecule has 80 valence electrons. The molecule has 1 saturated carbocycles. The Morgan fingerprint density at radius 3 is 3.00 bits per heavy atom. The zero-order valence-electron chi connectivity index (χ0n) is 8.38. The van der Waals surface area contributed by atoms with Crippen molar-refractivity contribution in [2.45, 2.75) is 37.3 Å². The van der Waals surface area contributed by atoms with Crippen molar-refractivity contribution in [1.82, 2.24) is 5.32 Å². The number of alkyl halides is 1. The van der Waals surface area contributed by atoms with Crippen LogP contribution in [0.2, 0.25) is 0 Å². The van der Waals surface area contributed by atoms with Crippen LogP contribution in [0.5, 0.6) is 0 Å². The summed E-state index contributed by atoms with van der Waals surface area (Å²) in [6.07, 6.45) is 3.82. The van der Waals surface area contributed by atoms with Gasteiger partial charge in [0.15, 0.2) is 0 Å². The number of hydrogen-bond donors (Lipinski definition) is 1. The highest BCUT2D eigenvalue weighted by Crippen LogP contribution is 2.47. The summed E-state index contributed by atoms with van der Waals surface area (Å²) < 4.78 is 4.86. The lowest BCUT2D eigenvalue weighted by atomic mass is 9.90. The number of halogens is 1. The van der Waals surface area contributed by atoms with Gasteiger partial charge in [-0.15, -0.1) is 11.6 Å². The van der Waals surface area contributed by atoms with Crippen molar-refractivity contribution in [2.24, 2.45) is 5.92 Å². The van der Waals surface area contributed by atoms with Crippen LogP contribution < -0.4 is 5.32 Å². The first-order valence-corrected chi connectivity index (χ1v) is 5.67. The number of ether oxygens (including phenoxy) is 1. The summed E-state index contributed by atoms with van der Waals surface area (Å²) in [6, 6.07) is 0.560. The molecule has 0 bridgehead atoms. The van der Waals surface area contributed by atoms with E-state index in [1.807, 2.05) is 0 Å². The summed E-state index contributed by atoms with van der Waals surface area (Å²) in [5.41, 5.74) is -0.419. The Kier molecular flexibility index (Phi) is 2.71. The molecule has 2 rings (SSSR count). The van der Waals surface area contributed by atoms with Gasteiger partial charge in [0, 0.05) is 11.9 Å². The predicted octanol–water partition coefficient (Wildman–Crippen LogP) is 1.30. The molecule has 0 aromatic rings. The Morgan fingerprint density at radius 2 is 2.50 bits per heavy atom. The lowest BCUT2D eigenvalue weighted by molar-refractivity contribution is -0.148. The number of carbonyl (C=O) groups is 1. The van der Waals surface area contributed by atoms with Gasteiger partial charge in [-0.3, -0.25) is 10.1 Å². The van der Waals surface area contributed by atoms with Crippen LogP contribution in [0.1, 0.15) is 25.7 Å². The summed E-state index contributed by atoms with van der Waals surface area (Å²) in [4.78, 5) is 11.7. The Bertz CT molecular complexity index is 234. The molecular weight excluding hydrogens is 202 g/mol. The summed E-state index contributed by atoms with van der Waals surface area (Å²) in [7, 11) is 1.45. The van der Waals surface area contributed by atoms with Crippen molar-refractivity contribution >= 4 is 17.6 Å². The van der Waals surface area contributed by atoms with Crippen molar-refractivity contribution < 1.29 is 9.53 Å². The number of esters is 1.